The lowest BCUT2D eigenvalue weighted by molar-refractivity contribution is -0.147. The summed E-state index contributed by atoms with van der Waals surface area (Å²) in [5.41, 5.74) is -0.891. The Morgan fingerprint density at radius 1 is 1.22 bits per heavy atom. The molecule has 36 heavy (non-hydrogen) atoms. The van der Waals surface area contributed by atoms with Crippen molar-refractivity contribution < 1.29 is 32.7 Å². The molecule has 0 saturated carbocycles. The van der Waals surface area contributed by atoms with Gasteiger partial charge < -0.3 is 15.0 Å². The summed E-state index contributed by atoms with van der Waals surface area (Å²) in [6.45, 7) is 3.18. The molecule has 0 aromatic heterocycles. The van der Waals surface area contributed by atoms with Crippen molar-refractivity contribution in [1.29, 1.82) is 0 Å². The van der Waals surface area contributed by atoms with E-state index in [1.165, 1.54) is 29.2 Å². The number of ether oxygens (including phenoxy) is 1. The number of halogens is 2. The number of nitrogens with one attached hydrogen (secondary N) is 2. The molecule has 2 aliphatic heterocycles. The molecule has 2 aromatic rings. The van der Waals surface area contributed by atoms with Crippen LogP contribution in [0.4, 0.5) is 8.78 Å². The normalized spacial score (nSPS) is 19.8. The van der Waals surface area contributed by atoms with Crippen LogP contribution in [0.5, 0.6) is 5.75 Å². The second-order valence-corrected chi connectivity index (χ2v) is 9.10. The number of hydrogen-bond acceptors (Lipinski definition) is 5. The molecule has 4 rings (SSSR count). The SMILES string of the molecule is [B][C@@]1(N2Cc3cc(CNC(=O)C(F)(F)c4ccccc4OC(C)C)ccc3C2=O)CCC(=O)NC1=O. The molecule has 1 saturated heterocycles. The molecule has 0 spiro atoms. The second-order valence-electron chi connectivity index (χ2n) is 9.10. The van der Waals surface area contributed by atoms with Crippen LogP contribution in [0.2, 0.25) is 0 Å². The predicted octanol–water partition coefficient (Wildman–Crippen LogP) is 2.14. The topological polar surface area (TPSA) is 105 Å². The van der Waals surface area contributed by atoms with Crippen LogP contribution in [-0.4, -0.2) is 47.9 Å². The van der Waals surface area contributed by atoms with Crippen LogP contribution in [0.1, 0.15) is 53.7 Å². The van der Waals surface area contributed by atoms with Crippen LogP contribution >= 0.6 is 0 Å². The molecule has 1 atom stereocenters. The van der Waals surface area contributed by atoms with Gasteiger partial charge in [0.2, 0.25) is 11.8 Å². The highest BCUT2D eigenvalue weighted by molar-refractivity contribution is 6.32. The largest absolute Gasteiger partial charge is 0.490 e. The molecular formula is C25H24BF2N3O5. The molecule has 4 amide bonds. The summed E-state index contributed by atoms with van der Waals surface area (Å²) in [6, 6.07) is 10.1. The van der Waals surface area contributed by atoms with Crippen molar-refractivity contribution >= 4 is 31.5 Å². The van der Waals surface area contributed by atoms with Gasteiger partial charge in [-0.1, -0.05) is 24.3 Å². The number of hydrogen-bond donors (Lipinski definition) is 2. The summed E-state index contributed by atoms with van der Waals surface area (Å²) >= 11 is 0. The highest BCUT2D eigenvalue weighted by atomic mass is 19.3. The minimum atomic E-state index is -3.84. The Hall–Kier alpha value is -3.76. The Labute approximate surface area is 207 Å². The average Bonchev–Trinajstić information content (AvgIpc) is 3.16. The standard InChI is InChI=1S/C25H24BF2N3O5/c1-14(2)36-19-6-4-3-5-18(19)25(27,28)23(35)29-12-15-7-8-17-16(11-15)13-31(21(17)33)24(26)10-9-20(32)30-22(24)34/h3-8,11,14H,9-10,12-13H2,1-2H3,(H,29,35)(H,30,32,34)/t24-/m1/s1. The second kappa shape index (κ2) is 9.36. The summed E-state index contributed by atoms with van der Waals surface area (Å²) in [5.74, 6) is -7.10. The monoisotopic (exact) mass is 495 g/mol. The maximum absolute atomic E-state index is 15.0. The fraction of sp³-hybridized carbons (Fsp3) is 0.360. The molecule has 2 aliphatic rings. The van der Waals surface area contributed by atoms with Crippen LogP contribution in [0.3, 0.4) is 0 Å². The maximum atomic E-state index is 15.0. The van der Waals surface area contributed by atoms with Crippen LogP contribution in [0, 0.1) is 0 Å². The Bertz CT molecular complexity index is 1250. The lowest BCUT2D eigenvalue weighted by Gasteiger charge is -2.40. The van der Waals surface area contributed by atoms with Gasteiger partial charge in [0.25, 0.3) is 11.8 Å². The Morgan fingerprint density at radius 3 is 2.64 bits per heavy atom. The third-order valence-corrected chi connectivity index (χ3v) is 6.16. The molecule has 0 unspecified atom stereocenters. The molecule has 0 aliphatic carbocycles. The van der Waals surface area contributed by atoms with Gasteiger partial charge in [-0.15, -0.1) is 0 Å². The third kappa shape index (κ3) is 4.57. The van der Waals surface area contributed by atoms with E-state index in [-0.39, 0.29) is 37.8 Å². The first kappa shape index (κ1) is 25.3. The number of carbonyl (C=O) groups excluding carboxylic acids is 4. The van der Waals surface area contributed by atoms with E-state index in [1.807, 2.05) is 0 Å². The van der Waals surface area contributed by atoms with E-state index >= 15 is 0 Å². The number of alkyl halides is 2. The number of carbonyl (C=O) groups is 4. The number of rotatable bonds is 7. The zero-order valence-corrected chi connectivity index (χ0v) is 19.8. The van der Waals surface area contributed by atoms with Crippen LogP contribution < -0.4 is 15.4 Å². The Morgan fingerprint density at radius 2 is 1.94 bits per heavy atom. The number of imide groups is 1. The number of nitrogens with zero attached hydrogens (tertiary/aromatic N) is 1. The van der Waals surface area contributed by atoms with Gasteiger partial charge in [0.05, 0.1) is 17.1 Å². The Kier molecular flexibility index (Phi) is 6.59. The Balaban J connectivity index is 1.47. The summed E-state index contributed by atoms with van der Waals surface area (Å²) in [6.07, 6.45) is -0.372. The molecular weight excluding hydrogens is 471 g/mol. The molecule has 2 N–H and O–H groups in total. The van der Waals surface area contributed by atoms with Crippen molar-refractivity contribution in [2.24, 2.45) is 0 Å². The summed E-state index contributed by atoms with van der Waals surface area (Å²) in [5, 5.41) is 4.40. The number of benzene rings is 2. The van der Waals surface area contributed by atoms with Crippen molar-refractivity contribution in [3.05, 3.63) is 64.7 Å². The first-order chi connectivity index (χ1) is 16.9. The smallest absolute Gasteiger partial charge is 0.353 e. The van der Waals surface area contributed by atoms with Gasteiger partial charge in [-0.2, -0.15) is 8.78 Å². The van der Waals surface area contributed by atoms with Gasteiger partial charge in [0, 0.05) is 25.1 Å². The van der Waals surface area contributed by atoms with Crippen molar-refractivity contribution in [2.45, 2.75) is 57.2 Å². The minimum Gasteiger partial charge on any atom is -0.490 e. The average molecular weight is 495 g/mol. The predicted molar refractivity (Wildman–Crippen MR) is 125 cm³/mol. The van der Waals surface area contributed by atoms with E-state index in [0.29, 0.717) is 16.7 Å². The molecule has 2 aromatic carbocycles. The van der Waals surface area contributed by atoms with E-state index in [0.717, 1.165) is 6.07 Å². The van der Waals surface area contributed by atoms with Crippen molar-refractivity contribution in [2.75, 3.05) is 0 Å². The molecule has 1 fully saturated rings. The van der Waals surface area contributed by atoms with Gasteiger partial charge in [0.15, 0.2) is 0 Å². The first-order valence-electron chi connectivity index (χ1n) is 11.4. The highest BCUT2D eigenvalue weighted by Gasteiger charge is 2.48. The summed E-state index contributed by atoms with van der Waals surface area (Å²) in [7, 11) is 6.21. The van der Waals surface area contributed by atoms with Crippen molar-refractivity contribution in [3.63, 3.8) is 0 Å². The lowest BCUT2D eigenvalue weighted by atomic mass is 9.70. The molecule has 0 bridgehead atoms. The zero-order valence-electron chi connectivity index (χ0n) is 19.8. The minimum absolute atomic E-state index is 0.000798. The van der Waals surface area contributed by atoms with Crippen LogP contribution in [0.15, 0.2) is 42.5 Å². The van der Waals surface area contributed by atoms with Gasteiger partial charge in [-0.3, -0.25) is 24.5 Å². The van der Waals surface area contributed by atoms with Gasteiger partial charge >= 0.3 is 5.92 Å². The summed E-state index contributed by atoms with van der Waals surface area (Å²) < 4.78 is 35.4. The lowest BCUT2D eigenvalue weighted by Crippen LogP contribution is -2.63. The zero-order chi connectivity index (χ0) is 26.3. The number of amides is 4. The summed E-state index contributed by atoms with van der Waals surface area (Å²) in [4.78, 5) is 50.4. The van der Waals surface area contributed by atoms with E-state index in [9.17, 15) is 28.0 Å². The van der Waals surface area contributed by atoms with Crippen LogP contribution in [-0.2, 0) is 33.4 Å². The number of fused-ring (bicyclic) bond motifs is 1. The highest BCUT2D eigenvalue weighted by Crippen LogP contribution is 2.36. The number of piperidine rings is 1. The first-order valence-corrected chi connectivity index (χ1v) is 11.4. The van der Waals surface area contributed by atoms with E-state index in [4.69, 9.17) is 12.6 Å². The van der Waals surface area contributed by atoms with Gasteiger partial charge in [0.1, 0.15) is 13.6 Å². The molecule has 2 radical (unpaired) electrons. The van der Waals surface area contributed by atoms with Gasteiger partial charge in [-0.05, 0) is 49.6 Å². The van der Waals surface area contributed by atoms with E-state index in [1.54, 1.807) is 26.0 Å². The van der Waals surface area contributed by atoms with Crippen molar-refractivity contribution in [1.82, 2.24) is 15.5 Å². The maximum Gasteiger partial charge on any atom is 0.353 e. The van der Waals surface area contributed by atoms with Gasteiger partial charge in [-0.25, -0.2) is 0 Å². The third-order valence-electron chi connectivity index (χ3n) is 6.16. The molecule has 8 nitrogen and oxygen atoms in total. The van der Waals surface area contributed by atoms with Crippen LogP contribution in [0.25, 0.3) is 0 Å². The molecule has 186 valence electrons. The fourth-order valence-electron chi connectivity index (χ4n) is 4.28. The molecule has 2 heterocycles. The van der Waals surface area contributed by atoms with E-state index in [2.05, 4.69) is 10.6 Å². The number of para-hydroxylation sites is 1. The molecule has 11 heteroatoms. The van der Waals surface area contributed by atoms with Crippen molar-refractivity contribution in [3.8, 4) is 5.75 Å². The fourth-order valence-corrected chi connectivity index (χ4v) is 4.28. The quantitative estimate of drug-likeness (QED) is 0.453. The van der Waals surface area contributed by atoms with E-state index < -0.39 is 40.6 Å².